The monoisotopic (exact) mass is 237 g/mol. The molecule has 17 heavy (non-hydrogen) atoms. The van der Waals surface area contributed by atoms with E-state index in [9.17, 15) is 0 Å². The van der Waals surface area contributed by atoms with Gasteiger partial charge in [0.15, 0.2) is 0 Å². The van der Waals surface area contributed by atoms with Crippen molar-refractivity contribution in [1.29, 1.82) is 0 Å². The van der Waals surface area contributed by atoms with Gasteiger partial charge in [0, 0.05) is 19.3 Å². The van der Waals surface area contributed by atoms with Crippen LogP contribution in [0.3, 0.4) is 0 Å². The van der Waals surface area contributed by atoms with Crippen molar-refractivity contribution in [2.24, 2.45) is 5.92 Å². The second kappa shape index (κ2) is 5.27. The molecule has 6 heteroatoms. The summed E-state index contributed by atoms with van der Waals surface area (Å²) in [4.78, 5) is 12.3. The number of aryl methyl sites for hydroxylation is 1. The van der Waals surface area contributed by atoms with Gasteiger partial charge in [-0.1, -0.05) is 0 Å². The average molecular weight is 237 g/mol. The molecule has 3 N–H and O–H groups in total. The molecular formula is C11H19N5O. The zero-order valence-electron chi connectivity index (χ0n) is 10.3. The van der Waals surface area contributed by atoms with Crippen LogP contribution in [-0.2, 0) is 4.74 Å². The van der Waals surface area contributed by atoms with Crippen LogP contribution in [0, 0.1) is 12.8 Å². The van der Waals surface area contributed by atoms with E-state index < -0.39 is 0 Å². The van der Waals surface area contributed by atoms with Crippen molar-refractivity contribution < 1.29 is 4.74 Å². The van der Waals surface area contributed by atoms with Crippen molar-refractivity contribution in [2.75, 3.05) is 24.3 Å². The van der Waals surface area contributed by atoms with Crippen LogP contribution < -0.4 is 11.1 Å². The highest BCUT2D eigenvalue weighted by Crippen LogP contribution is 2.20. The molecule has 2 rings (SSSR count). The molecule has 1 aliphatic rings. The number of nitrogens with zero attached hydrogens (tertiary/aromatic N) is 3. The molecule has 1 aliphatic heterocycles. The number of hydrogen-bond donors (Lipinski definition) is 2. The molecule has 0 aromatic carbocycles. The lowest BCUT2D eigenvalue weighted by Gasteiger charge is -2.28. The Morgan fingerprint density at radius 1 is 1.29 bits per heavy atom. The summed E-state index contributed by atoms with van der Waals surface area (Å²) in [6, 6.07) is 0.320. The topological polar surface area (TPSA) is 86.0 Å². The smallest absolute Gasteiger partial charge is 0.227 e. The second-order valence-corrected chi connectivity index (χ2v) is 4.45. The lowest BCUT2D eigenvalue weighted by molar-refractivity contribution is 0.0621. The first-order valence-corrected chi connectivity index (χ1v) is 5.97. The van der Waals surface area contributed by atoms with Gasteiger partial charge in [-0.25, -0.2) is 0 Å². The summed E-state index contributed by atoms with van der Waals surface area (Å²) in [6.45, 7) is 5.64. The van der Waals surface area contributed by atoms with Gasteiger partial charge in [0.1, 0.15) is 5.82 Å². The van der Waals surface area contributed by atoms with Gasteiger partial charge in [0.25, 0.3) is 0 Å². The van der Waals surface area contributed by atoms with Crippen LogP contribution in [0.1, 0.15) is 25.6 Å². The summed E-state index contributed by atoms with van der Waals surface area (Å²) in [5.41, 5.74) is 5.59. The first-order valence-electron chi connectivity index (χ1n) is 5.97. The predicted octanol–water partition coefficient (Wildman–Crippen LogP) is 0.989. The lowest BCUT2D eigenvalue weighted by Crippen LogP contribution is -2.31. The number of hydrogen-bond acceptors (Lipinski definition) is 6. The first-order chi connectivity index (χ1) is 8.15. The Bertz CT molecular complexity index is 358. The summed E-state index contributed by atoms with van der Waals surface area (Å²) < 4.78 is 5.35. The van der Waals surface area contributed by atoms with Gasteiger partial charge in [-0.2, -0.15) is 15.0 Å². The van der Waals surface area contributed by atoms with Crippen molar-refractivity contribution in [2.45, 2.75) is 32.7 Å². The molecule has 94 valence electrons. The van der Waals surface area contributed by atoms with E-state index in [1.54, 1.807) is 0 Å². The fourth-order valence-corrected chi connectivity index (χ4v) is 2.10. The van der Waals surface area contributed by atoms with E-state index in [1.807, 2.05) is 6.92 Å². The van der Waals surface area contributed by atoms with Crippen LogP contribution in [0.15, 0.2) is 0 Å². The van der Waals surface area contributed by atoms with Crippen LogP contribution in [-0.4, -0.2) is 34.2 Å². The van der Waals surface area contributed by atoms with Crippen molar-refractivity contribution in [3.8, 4) is 0 Å². The van der Waals surface area contributed by atoms with Gasteiger partial charge in [-0.05, 0) is 32.6 Å². The fourth-order valence-electron chi connectivity index (χ4n) is 2.10. The van der Waals surface area contributed by atoms with E-state index in [2.05, 4.69) is 27.2 Å². The zero-order chi connectivity index (χ0) is 12.3. The summed E-state index contributed by atoms with van der Waals surface area (Å²) in [5.74, 6) is 2.06. The van der Waals surface area contributed by atoms with Gasteiger partial charge in [-0.3, -0.25) is 0 Å². The third-order valence-electron chi connectivity index (χ3n) is 3.09. The average Bonchev–Trinajstić information content (AvgIpc) is 2.28. The Kier molecular flexibility index (Phi) is 3.73. The van der Waals surface area contributed by atoms with Crippen LogP contribution in [0.5, 0.6) is 0 Å². The van der Waals surface area contributed by atoms with Crippen LogP contribution in [0.25, 0.3) is 0 Å². The molecule has 0 spiro atoms. The van der Waals surface area contributed by atoms with Crippen molar-refractivity contribution in [3.05, 3.63) is 5.82 Å². The number of ether oxygens (including phenoxy) is 1. The Morgan fingerprint density at radius 2 is 2.00 bits per heavy atom. The van der Waals surface area contributed by atoms with E-state index in [-0.39, 0.29) is 5.95 Å². The van der Waals surface area contributed by atoms with Crippen molar-refractivity contribution >= 4 is 11.9 Å². The minimum absolute atomic E-state index is 0.263. The fraction of sp³-hybridized carbons (Fsp3) is 0.727. The van der Waals surface area contributed by atoms with Crippen molar-refractivity contribution in [3.63, 3.8) is 0 Å². The van der Waals surface area contributed by atoms with Crippen LogP contribution in [0.2, 0.25) is 0 Å². The predicted molar refractivity (Wildman–Crippen MR) is 65.6 cm³/mol. The van der Waals surface area contributed by atoms with Gasteiger partial charge in [0.2, 0.25) is 11.9 Å². The molecule has 1 aromatic heterocycles. The minimum atomic E-state index is 0.263. The van der Waals surface area contributed by atoms with E-state index in [1.165, 1.54) is 0 Å². The molecule has 2 heterocycles. The molecule has 1 atom stereocenters. The van der Waals surface area contributed by atoms with E-state index >= 15 is 0 Å². The summed E-state index contributed by atoms with van der Waals surface area (Å²) in [5, 5.41) is 3.30. The Balaban J connectivity index is 1.99. The highest BCUT2D eigenvalue weighted by Gasteiger charge is 2.21. The number of anilines is 2. The van der Waals surface area contributed by atoms with Crippen LogP contribution >= 0.6 is 0 Å². The quantitative estimate of drug-likeness (QED) is 0.815. The number of aromatic nitrogens is 3. The van der Waals surface area contributed by atoms with E-state index in [0.717, 1.165) is 26.1 Å². The molecule has 1 aromatic rings. The SMILES string of the molecule is Cc1nc(N)nc(NC(C)C2CCOCC2)n1. The standard InChI is InChI=1S/C11H19N5O/c1-7(9-3-5-17-6-4-9)13-11-15-8(2)14-10(12)16-11/h7,9H,3-6H2,1-2H3,(H3,12,13,14,15,16). The summed E-state index contributed by atoms with van der Waals surface area (Å²) in [6.07, 6.45) is 2.15. The highest BCUT2D eigenvalue weighted by molar-refractivity contribution is 5.31. The third-order valence-corrected chi connectivity index (χ3v) is 3.09. The van der Waals surface area contributed by atoms with Gasteiger partial charge in [0.05, 0.1) is 0 Å². The molecule has 1 fully saturated rings. The maximum Gasteiger partial charge on any atom is 0.227 e. The Hall–Kier alpha value is -1.43. The molecule has 0 amide bonds. The largest absolute Gasteiger partial charge is 0.381 e. The number of nitrogen functional groups attached to an aromatic ring is 1. The molecule has 6 nitrogen and oxygen atoms in total. The maximum atomic E-state index is 5.59. The molecule has 1 unspecified atom stereocenters. The molecular weight excluding hydrogens is 218 g/mol. The molecule has 1 saturated heterocycles. The zero-order valence-corrected chi connectivity index (χ0v) is 10.3. The summed E-state index contributed by atoms with van der Waals surface area (Å²) in [7, 11) is 0. The first kappa shape index (κ1) is 12.0. The van der Waals surface area contributed by atoms with Crippen molar-refractivity contribution in [1.82, 2.24) is 15.0 Å². The van der Waals surface area contributed by atoms with E-state index in [4.69, 9.17) is 10.5 Å². The molecule has 0 aliphatic carbocycles. The van der Waals surface area contributed by atoms with Crippen LogP contribution in [0.4, 0.5) is 11.9 Å². The minimum Gasteiger partial charge on any atom is -0.381 e. The van der Waals surface area contributed by atoms with Gasteiger partial charge in [-0.15, -0.1) is 0 Å². The second-order valence-electron chi connectivity index (χ2n) is 4.45. The molecule has 0 saturated carbocycles. The number of rotatable bonds is 3. The third kappa shape index (κ3) is 3.26. The highest BCUT2D eigenvalue weighted by atomic mass is 16.5. The molecule has 0 radical (unpaired) electrons. The Morgan fingerprint density at radius 3 is 2.65 bits per heavy atom. The van der Waals surface area contributed by atoms with Gasteiger partial charge >= 0.3 is 0 Å². The molecule has 0 bridgehead atoms. The maximum absolute atomic E-state index is 5.59. The van der Waals surface area contributed by atoms with E-state index in [0.29, 0.717) is 23.7 Å². The lowest BCUT2D eigenvalue weighted by atomic mass is 9.93. The number of nitrogens with two attached hydrogens (primary N) is 1. The Labute approximate surface area is 101 Å². The van der Waals surface area contributed by atoms with Gasteiger partial charge < -0.3 is 15.8 Å². The normalized spacial score (nSPS) is 18.9. The summed E-state index contributed by atoms with van der Waals surface area (Å²) >= 11 is 0. The number of nitrogens with one attached hydrogen (secondary N) is 1.